The van der Waals surface area contributed by atoms with Gasteiger partial charge in [0.1, 0.15) is 0 Å². The third kappa shape index (κ3) is 7.31. The van der Waals surface area contributed by atoms with Gasteiger partial charge in [-0.15, -0.1) is 0 Å². The number of hydrogen-bond donors (Lipinski definition) is 1. The molecule has 0 spiro atoms. The standard InChI is InChI=1S/C8H14N2S/c1-4-9-8(11)6-5-7-10(2)3/h4,7H2,1-3H3,(H,9,11). The number of rotatable bonds is 2. The van der Waals surface area contributed by atoms with Crippen LogP contribution in [0.4, 0.5) is 0 Å². The van der Waals surface area contributed by atoms with Gasteiger partial charge >= 0.3 is 0 Å². The van der Waals surface area contributed by atoms with Gasteiger partial charge in [0.25, 0.3) is 0 Å². The highest BCUT2D eigenvalue weighted by Gasteiger charge is 1.84. The molecule has 0 unspecified atom stereocenters. The first kappa shape index (κ1) is 10.4. The van der Waals surface area contributed by atoms with Crippen molar-refractivity contribution in [3.63, 3.8) is 0 Å². The van der Waals surface area contributed by atoms with Gasteiger partial charge in [0, 0.05) is 6.54 Å². The molecule has 0 atom stereocenters. The molecule has 0 heterocycles. The van der Waals surface area contributed by atoms with Crippen LogP contribution in [0.5, 0.6) is 0 Å². The van der Waals surface area contributed by atoms with Gasteiger partial charge in [-0.3, -0.25) is 4.90 Å². The Bertz CT molecular complexity index is 176. The van der Waals surface area contributed by atoms with Crippen molar-refractivity contribution in [2.75, 3.05) is 27.2 Å². The van der Waals surface area contributed by atoms with Gasteiger partial charge < -0.3 is 5.32 Å². The summed E-state index contributed by atoms with van der Waals surface area (Å²) in [4.78, 5) is 2.64. The molecule has 0 rings (SSSR count). The fourth-order valence-electron chi connectivity index (χ4n) is 0.483. The van der Waals surface area contributed by atoms with E-state index in [0.29, 0.717) is 4.99 Å². The minimum atomic E-state index is 0.634. The Hall–Kier alpha value is -0.590. The lowest BCUT2D eigenvalue weighted by Gasteiger charge is -2.01. The minimum Gasteiger partial charge on any atom is -0.370 e. The van der Waals surface area contributed by atoms with Crippen LogP contribution in [-0.2, 0) is 0 Å². The maximum absolute atomic E-state index is 4.90. The van der Waals surface area contributed by atoms with E-state index < -0.39 is 0 Å². The predicted octanol–water partition coefficient (Wildman–Crippen LogP) is 0.488. The summed E-state index contributed by atoms with van der Waals surface area (Å²) in [6, 6.07) is 0. The molecule has 2 nitrogen and oxygen atoms in total. The van der Waals surface area contributed by atoms with Gasteiger partial charge in [-0.2, -0.15) is 0 Å². The second-order valence-electron chi connectivity index (χ2n) is 2.40. The Morgan fingerprint density at radius 3 is 2.64 bits per heavy atom. The van der Waals surface area contributed by atoms with Crippen molar-refractivity contribution < 1.29 is 0 Å². The third-order valence-electron chi connectivity index (χ3n) is 0.935. The molecule has 0 aliphatic rings. The van der Waals surface area contributed by atoms with Gasteiger partial charge in [-0.05, 0) is 26.9 Å². The highest BCUT2D eigenvalue weighted by molar-refractivity contribution is 7.80. The van der Waals surface area contributed by atoms with Crippen molar-refractivity contribution in [2.24, 2.45) is 0 Å². The molecule has 62 valence electrons. The molecule has 0 radical (unpaired) electrons. The largest absolute Gasteiger partial charge is 0.370 e. The first-order valence-electron chi connectivity index (χ1n) is 3.58. The topological polar surface area (TPSA) is 15.3 Å². The normalized spacial score (nSPS) is 8.73. The molecule has 11 heavy (non-hydrogen) atoms. The zero-order valence-electron chi connectivity index (χ0n) is 7.27. The molecule has 0 saturated heterocycles. The lowest BCUT2D eigenvalue weighted by atomic mass is 10.5. The Morgan fingerprint density at radius 2 is 2.18 bits per heavy atom. The molecule has 0 aromatic carbocycles. The van der Waals surface area contributed by atoms with Crippen LogP contribution < -0.4 is 5.32 Å². The maximum Gasteiger partial charge on any atom is 0.150 e. The molecule has 0 fully saturated rings. The molecule has 0 aromatic heterocycles. The van der Waals surface area contributed by atoms with Crippen molar-refractivity contribution in [1.82, 2.24) is 10.2 Å². The molecule has 0 amide bonds. The van der Waals surface area contributed by atoms with Gasteiger partial charge in [0.05, 0.1) is 6.54 Å². The van der Waals surface area contributed by atoms with E-state index in [1.165, 1.54) is 0 Å². The van der Waals surface area contributed by atoms with Gasteiger partial charge in [-0.25, -0.2) is 0 Å². The van der Waals surface area contributed by atoms with Crippen LogP contribution in [0, 0.1) is 11.8 Å². The molecular weight excluding hydrogens is 156 g/mol. The van der Waals surface area contributed by atoms with Gasteiger partial charge in [-0.1, -0.05) is 18.1 Å². The average Bonchev–Trinajstić information content (AvgIpc) is 1.87. The van der Waals surface area contributed by atoms with Crippen molar-refractivity contribution in [3.05, 3.63) is 0 Å². The Morgan fingerprint density at radius 1 is 1.55 bits per heavy atom. The molecule has 0 aliphatic heterocycles. The van der Waals surface area contributed by atoms with Crippen LogP contribution in [0.25, 0.3) is 0 Å². The summed E-state index contributed by atoms with van der Waals surface area (Å²) in [7, 11) is 3.95. The SMILES string of the molecule is CCNC(=S)C#CCN(C)C. The zero-order chi connectivity index (χ0) is 8.69. The first-order valence-corrected chi connectivity index (χ1v) is 3.99. The molecule has 0 aromatic rings. The smallest absolute Gasteiger partial charge is 0.150 e. The third-order valence-corrected chi connectivity index (χ3v) is 1.18. The summed E-state index contributed by atoms with van der Waals surface area (Å²) in [5.41, 5.74) is 0. The minimum absolute atomic E-state index is 0.634. The van der Waals surface area contributed by atoms with E-state index in [9.17, 15) is 0 Å². The van der Waals surface area contributed by atoms with Crippen LogP contribution in [0.15, 0.2) is 0 Å². The summed E-state index contributed by atoms with van der Waals surface area (Å²) in [5, 5.41) is 2.96. The molecule has 1 N–H and O–H groups in total. The molecular formula is C8H14N2S. The van der Waals surface area contributed by atoms with E-state index in [-0.39, 0.29) is 0 Å². The number of nitrogens with one attached hydrogen (secondary N) is 1. The summed E-state index contributed by atoms with van der Waals surface area (Å²) >= 11 is 4.90. The fraction of sp³-hybridized carbons (Fsp3) is 0.625. The van der Waals surface area contributed by atoms with Gasteiger partial charge in [0.15, 0.2) is 4.99 Å². The van der Waals surface area contributed by atoms with Gasteiger partial charge in [0.2, 0.25) is 0 Å². The van der Waals surface area contributed by atoms with Crippen LogP contribution >= 0.6 is 12.2 Å². The Labute approximate surface area is 74.0 Å². The van der Waals surface area contributed by atoms with E-state index in [0.717, 1.165) is 13.1 Å². The van der Waals surface area contributed by atoms with E-state index in [1.54, 1.807) is 0 Å². The zero-order valence-corrected chi connectivity index (χ0v) is 8.09. The monoisotopic (exact) mass is 170 g/mol. The molecule has 0 bridgehead atoms. The molecule has 0 aliphatic carbocycles. The lowest BCUT2D eigenvalue weighted by molar-refractivity contribution is 0.464. The summed E-state index contributed by atoms with van der Waals surface area (Å²) in [6.07, 6.45) is 0. The van der Waals surface area contributed by atoms with Crippen molar-refractivity contribution in [1.29, 1.82) is 0 Å². The summed E-state index contributed by atoms with van der Waals surface area (Å²) in [5.74, 6) is 5.79. The fourth-order valence-corrected chi connectivity index (χ4v) is 0.699. The Balaban J connectivity index is 3.60. The number of nitrogens with zero attached hydrogens (tertiary/aromatic N) is 1. The van der Waals surface area contributed by atoms with Crippen molar-refractivity contribution in [3.8, 4) is 11.8 Å². The summed E-state index contributed by atoms with van der Waals surface area (Å²) in [6.45, 7) is 3.60. The highest BCUT2D eigenvalue weighted by atomic mass is 32.1. The van der Waals surface area contributed by atoms with Crippen LogP contribution in [0.3, 0.4) is 0 Å². The van der Waals surface area contributed by atoms with Crippen LogP contribution in [0.1, 0.15) is 6.92 Å². The molecule has 3 heteroatoms. The van der Waals surface area contributed by atoms with Crippen LogP contribution in [-0.4, -0.2) is 37.1 Å². The predicted molar refractivity (Wildman–Crippen MR) is 52.6 cm³/mol. The average molecular weight is 170 g/mol. The second-order valence-corrected chi connectivity index (χ2v) is 2.81. The Kier molecular flexibility index (Phi) is 5.81. The highest BCUT2D eigenvalue weighted by Crippen LogP contribution is 1.71. The van der Waals surface area contributed by atoms with E-state index >= 15 is 0 Å². The van der Waals surface area contributed by atoms with E-state index in [1.807, 2.05) is 25.9 Å². The number of thiocarbonyl (C=S) groups is 1. The van der Waals surface area contributed by atoms with E-state index in [2.05, 4.69) is 17.2 Å². The first-order chi connectivity index (χ1) is 5.16. The van der Waals surface area contributed by atoms with Crippen molar-refractivity contribution in [2.45, 2.75) is 6.92 Å². The van der Waals surface area contributed by atoms with Crippen molar-refractivity contribution >= 4 is 17.2 Å². The maximum atomic E-state index is 4.90. The second kappa shape index (κ2) is 6.14. The quantitative estimate of drug-likeness (QED) is 0.479. The number of hydrogen-bond acceptors (Lipinski definition) is 2. The van der Waals surface area contributed by atoms with Crippen LogP contribution in [0.2, 0.25) is 0 Å². The van der Waals surface area contributed by atoms with E-state index in [4.69, 9.17) is 12.2 Å². The summed E-state index contributed by atoms with van der Waals surface area (Å²) < 4.78 is 0. The molecule has 0 saturated carbocycles. The lowest BCUT2D eigenvalue weighted by Crippen LogP contribution is -2.19.